The summed E-state index contributed by atoms with van der Waals surface area (Å²) >= 11 is 0. The number of anilines is 1. The molecule has 0 aliphatic heterocycles. The molecule has 0 heterocycles. The predicted molar refractivity (Wildman–Crippen MR) is 147 cm³/mol. The molecule has 214 valence electrons. The molecule has 0 aliphatic rings. The molecule has 1 amide bonds. The molecule has 0 bridgehead atoms. The monoisotopic (exact) mass is 557 g/mol. The lowest BCUT2D eigenvalue weighted by molar-refractivity contribution is -0.274. The molecular weight excluding hydrogens is 523 g/mol. The first-order chi connectivity index (χ1) is 18.5. The average Bonchev–Trinajstić information content (AvgIpc) is 2.85. The molecule has 0 radical (unpaired) electrons. The number of amides is 1. The lowest BCUT2D eigenvalue weighted by Crippen LogP contribution is -2.37. The maximum Gasteiger partial charge on any atom is 0.573 e. The van der Waals surface area contributed by atoms with Crippen molar-refractivity contribution in [1.82, 2.24) is 0 Å². The molecule has 0 N–H and O–H groups in total. The number of rotatable bonds is 6. The van der Waals surface area contributed by atoms with Gasteiger partial charge in [0.05, 0.1) is 13.7 Å². The van der Waals surface area contributed by atoms with Crippen LogP contribution in [0.5, 0.6) is 11.5 Å². The number of alkyl halides is 3. The third-order valence-electron chi connectivity index (χ3n) is 5.86. The van der Waals surface area contributed by atoms with Gasteiger partial charge in [0.15, 0.2) is 0 Å². The Hall–Kier alpha value is -4.01. The summed E-state index contributed by atoms with van der Waals surface area (Å²) in [6.07, 6.45) is -4.82. The molecule has 0 unspecified atom stereocenters. The van der Waals surface area contributed by atoms with Crippen LogP contribution in [0.2, 0.25) is 0 Å². The van der Waals surface area contributed by atoms with E-state index in [9.17, 15) is 22.8 Å². The van der Waals surface area contributed by atoms with Crippen LogP contribution in [0.25, 0.3) is 11.1 Å². The van der Waals surface area contributed by atoms with E-state index in [4.69, 9.17) is 9.47 Å². The molecule has 0 fully saturated rings. The summed E-state index contributed by atoms with van der Waals surface area (Å²) < 4.78 is 52.8. The van der Waals surface area contributed by atoms with Gasteiger partial charge in [-0.1, -0.05) is 57.2 Å². The van der Waals surface area contributed by atoms with Gasteiger partial charge < -0.3 is 14.2 Å². The van der Waals surface area contributed by atoms with E-state index in [0.29, 0.717) is 22.6 Å². The number of esters is 1. The Morgan fingerprint density at radius 2 is 1.40 bits per heavy atom. The second kappa shape index (κ2) is 11.6. The zero-order chi connectivity index (χ0) is 29.9. The third kappa shape index (κ3) is 8.24. The van der Waals surface area contributed by atoms with Gasteiger partial charge in [-0.2, -0.15) is 0 Å². The molecule has 6 nitrogen and oxygen atoms in total. The zero-order valence-electron chi connectivity index (χ0n) is 23.7. The number of carbonyl (C=O) groups is 2. The molecule has 0 aromatic heterocycles. The lowest BCUT2D eigenvalue weighted by Gasteiger charge is -2.27. The topological polar surface area (TPSA) is 65.1 Å². The molecular formula is C31H34F3NO5. The SMILES string of the molecule is COC(=O)C(=O)N(Cc1ccc(C(C)(C)C)cc1)c1ccc(OC(C)(C)C)c(-c2ccc(OC(F)(F)F)cc2)c1. The normalized spacial score (nSPS) is 12.1. The van der Waals surface area contributed by atoms with Crippen LogP contribution in [0.3, 0.4) is 0 Å². The summed E-state index contributed by atoms with van der Waals surface area (Å²) in [5, 5.41) is 0. The molecule has 3 rings (SSSR count). The summed E-state index contributed by atoms with van der Waals surface area (Å²) in [7, 11) is 1.13. The highest BCUT2D eigenvalue weighted by Crippen LogP contribution is 2.37. The highest BCUT2D eigenvalue weighted by molar-refractivity contribution is 6.38. The molecule has 3 aromatic rings. The molecule has 40 heavy (non-hydrogen) atoms. The number of carbonyl (C=O) groups excluding carboxylic acids is 2. The Balaban J connectivity index is 2.08. The van der Waals surface area contributed by atoms with Crippen molar-refractivity contribution in [2.75, 3.05) is 12.0 Å². The summed E-state index contributed by atoms with van der Waals surface area (Å²) in [4.78, 5) is 26.8. The van der Waals surface area contributed by atoms with E-state index in [1.807, 2.05) is 45.0 Å². The molecule has 3 aromatic carbocycles. The number of nitrogens with zero attached hydrogens (tertiary/aromatic N) is 1. The molecule has 0 atom stereocenters. The lowest BCUT2D eigenvalue weighted by atomic mass is 9.87. The number of ether oxygens (including phenoxy) is 3. The maximum absolute atomic E-state index is 13.1. The first kappa shape index (κ1) is 30.5. The van der Waals surface area contributed by atoms with E-state index in [-0.39, 0.29) is 17.7 Å². The van der Waals surface area contributed by atoms with Crippen LogP contribution in [0.15, 0.2) is 66.7 Å². The smallest absolute Gasteiger partial charge is 0.488 e. The van der Waals surface area contributed by atoms with E-state index in [1.54, 1.807) is 18.2 Å². The first-order valence-corrected chi connectivity index (χ1v) is 12.7. The Morgan fingerprint density at radius 1 is 0.800 bits per heavy atom. The Bertz CT molecular complexity index is 1340. The fraction of sp³-hybridized carbons (Fsp3) is 0.355. The summed E-state index contributed by atoms with van der Waals surface area (Å²) in [5.74, 6) is -1.82. The number of halogens is 3. The van der Waals surface area contributed by atoms with Crippen LogP contribution < -0.4 is 14.4 Å². The number of methoxy groups -OCH3 is 1. The van der Waals surface area contributed by atoms with Crippen molar-refractivity contribution in [3.05, 3.63) is 77.9 Å². The van der Waals surface area contributed by atoms with Gasteiger partial charge in [-0.3, -0.25) is 9.69 Å². The van der Waals surface area contributed by atoms with E-state index < -0.39 is 23.8 Å². The van der Waals surface area contributed by atoms with Gasteiger partial charge in [0.2, 0.25) is 0 Å². The molecule has 0 aliphatic carbocycles. The number of benzene rings is 3. The fourth-order valence-electron chi connectivity index (χ4n) is 3.94. The van der Waals surface area contributed by atoms with Gasteiger partial charge in [-0.05, 0) is 73.2 Å². The summed E-state index contributed by atoms with van der Waals surface area (Å²) in [5.41, 5.74) is 2.67. The predicted octanol–water partition coefficient (Wildman–Crippen LogP) is 7.43. The molecule has 0 saturated carbocycles. The minimum absolute atomic E-state index is 0.0570. The van der Waals surface area contributed by atoms with Crippen molar-refractivity contribution < 1.29 is 37.0 Å². The number of hydrogen-bond donors (Lipinski definition) is 0. The summed E-state index contributed by atoms with van der Waals surface area (Å²) in [6, 6.07) is 18.1. The van der Waals surface area contributed by atoms with Crippen LogP contribution in [-0.2, 0) is 26.3 Å². The van der Waals surface area contributed by atoms with E-state index in [2.05, 4.69) is 25.5 Å². The highest BCUT2D eigenvalue weighted by atomic mass is 19.4. The second-order valence-electron chi connectivity index (χ2n) is 11.3. The Labute approximate surface area is 232 Å². The van der Waals surface area contributed by atoms with Crippen LogP contribution >= 0.6 is 0 Å². The van der Waals surface area contributed by atoms with Crippen molar-refractivity contribution in [3.63, 3.8) is 0 Å². The fourth-order valence-corrected chi connectivity index (χ4v) is 3.94. The standard InChI is InChI=1S/C31H34F3NO5/c1-29(2,3)22-12-8-20(9-13-22)19-35(27(36)28(37)38-7)23-14-17-26(40-30(4,5)6)25(18-23)21-10-15-24(16-11-21)39-31(32,33)34/h8-18H,19H2,1-7H3. The van der Waals surface area contributed by atoms with E-state index in [0.717, 1.165) is 18.2 Å². The minimum Gasteiger partial charge on any atom is -0.488 e. The summed E-state index contributed by atoms with van der Waals surface area (Å²) in [6.45, 7) is 12.0. The van der Waals surface area contributed by atoms with Crippen molar-refractivity contribution in [1.29, 1.82) is 0 Å². The van der Waals surface area contributed by atoms with Crippen LogP contribution in [-0.4, -0.2) is 30.9 Å². The third-order valence-corrected chi connectivity index (χ3v) is 5.86. The maximum atomic E-state index is 13.1. The largest absolute Gasteiger partial charge is 0.573 e. The number of hydrogen-bond acceptors (Lipinski definition) is 5. The van der Waals surface area contributed by atoms with Crippen LogP contribution in [0.4, 0.5) is 18.9 Å². The molecule has 9 heteroatoms. The van der Waals surface area contributed by atoms with Crippen molar-refractivity contribution >= 4 is 17.6 Å². The van der Waals surface area contributed by atoms with Crippen LogP contribution in [0, 0.1) is 0 Å². The van der Waals surface area contributed by atoms with Gasteiger partial charge in [0.25, 0.3) is 0 Å². The van der Waals surface area contributed by atoms with Crippen molar-refractivity contribution in [3.8, 4) is 22.6 Å². The van der Waals surface area contributed by atoms with Crippen molar-refractivity contribution in [2.45, 2.75) is 65.5 Å². The van der Waals surface area contributed by atoms with E-state index >= 15 is 0 Å². The molecule has 0 saturated heterocycles. The first-order valence-electron chi connectivity index (χ1n) is 12.7. The second-order valence-corrected chi connectivity index (χ2v) is 11.3. The van der Waals surface area contributed by atoms with Gasteiger partial charge in [-0.25, -0.2) is 4.79 Å². The van der Waals surface area contributed by atoms with Crippen LogP contribution in [0.1, 0.15) is 52.7 Å². The minimum atomic E-state index is -4.82. The van der Waals surface area contributed by atoms with Gasteiger partial charge >= 0.3 is 18.2 Å². The van der Waals surface area contributed by atoms with E-state index in [1.165, 1.54) is 29.2 Å². The highest BCUT2D eigenvalue weighted by Gasteiger charge is 2.31. The Kier molecular flexibility index (Phi) is 8.87. The van der Waals surface area contributed by atoms with Gasteiger partial charge in [-0.15, -0.1) is 13.2 Å². The van der Waals surface area contributed by atoms with Gasteiger partial charge in [0, 0.05) is 11.3 Å². The van der Waals surface area contributed by atoms with Gasteiger partial charge in [0.1, 0.15) is 17.1 Å². The Morgan fingerprint density at radius 3 is 1.90 bits per heavy atom. The molecule has 0 spiro atoms. The quantitative estimate of drug-likeness (QED) is 0.233. The zero-order valence-corrected chi connectivity index (χ0v) is 23.7. The van der Waals surface area contributed by atoms with Crippen molar-refractivity contribution in [2.24, 2.45) is 0 Å². The average molecular weight is 558 g/mol.